The molecule has 0 aromatic heterocycles. The number of aliphatic hydroxyl groups excluding tert-OH is 1. The Morgan fingerprint density at radius 3 is 2.85 bits per heavy atom. The van der Waals surface area contributed by atoms with E-state index in [0.29, 0.717) is 18.5 Å². The molecule has 142 valence electrons. The second-order valence-corrected chi connectivity index (χ2v) is 8.32. The third kappa shape index (κ3) is 3.63. The summed E-state index contributed by atoms with van der Waals surface area (Å²) < 4.78 is 14.0. The summed E-state index contributed by atoms with van der Waals surface area (Å²) in [5.41, 5.74) is 6.59. The lowest BCUT2D eigenvalue weighted by Gasteiger charge is -2.42. The van der Waals surface area contributed by atoms with E-state index in [-0.39, 0.29) is 35.8 Å². The van der Waals surface area contributed by atoms with Crippen LogP contribution >= 0.6 is 0 Å². The van der Waals surface area contributed by atoms with Crippen LogP contribution in [0.4, 0.5) is 4.39 Å². The van der Waals surface area contributed by atoms with Crippen molar-refractivity contribution < 1.29 is 14.3 Å². The molecule has 3 fully saturated rings. The maximum atomic E-state index is 14.0. The second kappa shape index (κ2) is 7.25. The molecule has 4 rings (SSSR count). The molecule has 1 aromatic rings. The maximum Gasteiger partial charge on any atom is 0.241 e. The maximum absolute atomic E-state index is 14.0. The average Bonchev–Trinajstić information content (AvgIpc) is 3.33. The van der Waals surface area contributed by atoms with E-state index in [9.17, 15) is 14.3 Å². The Bertz CT molecular complexity index is 666. The fourth-order valence-corrected chi connectivity index (χ4v) is 4.59. The van der Waals surface area contributed by atoms with E-state index in [1.54, 1.807) is 12.1 Å². The first-order valence-electron chi connectivity index (χ1n) is 9.75. The highest BCUT2D eigenvalue weighted by molar-refractivity contribution is 5.82. The van der Waals surface area contributed by atoms with Gasteiger partial charge < -0.3 is 10.0 Å². The van der Waals surface area contributed by atoms with E-state index in [1.807, 2.05) is 11.0 Å². The topological polar surface area (TPSA) is 64.6 Å². The minimum atomic E-state index is -0.352. The minimum absolute atomic E-state index is 0.0599. The van der Waals surface area contributed by atoms with Gasteiger partial charge in [-0.15, -0.1) is 0 Å². The van der Waals surface area contributed by atoms with Gasteiger partial charge in [0.05, 0.1) is 12.6 Å². The first-order valence-corrected chi connectivity index (χ1v) is 9.75. The highest BCUT2D eigenvalue weighted by Gasteiger charge is 2.43. The number of halogens is 1. The van der Waals surface area contributed by atoms with Gasteiger partial charge in [-0.2, -0.15) is 0 Å². The average molecular weight is 361 g/mol. The number of hydrogen-bond donors (Lipinski definition) is 3. The Labute approximate surface area is 153 Å². The summed E-state index contributed by atoms with van der Waals surface area (Å²) in [4.78, 5) is 14.9. The van der Waals surface area contributed by atoms with Crippen LogP contribution in [0.2, 0.25) is 0 Å². The van der Waals surface area contributed by atoms with E-state index in [1.165, 1.54) is 18.9 Å². The zero-order chi connectivity index (χ0) is 18.1. The Morgan fingerprint density at radius 1 is 1.31 bits per heavy atom. The van der Waals surface area contributed by atoms with Crippen LogP contribution in [0.3, 0.4) is 0 Å². The summed E-state index contributed by atoms with van der Waals surface area (Å²) in [7, 11) is 0. The molecule has 2 saturated heterocycles. The Balaban J connectivity index is 1.40. The van der Waals surface area contributed by atoms with Gasteiger partial charge in [0.15, 0.2) is 0 Å². The fraction of sp³-hybridized carbons (Fsp3) is 0.650. The molecule has 1 amide bonds. The summed E-state index contributed by atoms with van der Waals surface area (Å²) in [6.07, 6.45) is 6.02. The Morgan fingerprint density at radius 2 is 2.12 bits per heavy atom. The molecule has 1 saturated carbocycles. The number of rotatable bonds is 5. The van der Waals surface area contributed by atoms with Crippen LogP contribution in [0.5, 0.6) is 0 Å². The highest BCUT2D eigenvalue weighted by Crippen LogP contribution is 2.44. The third-order valence-electron chi connectivity index (χ3n) is 6.21. The van der Waals surface area contributed by atoms with Crippen LogP contribution in [0.25, 0.3) is 0 Å². The van der Waals surface area contributed by atoms with E-state index in [0.717, 1.165) is 31.7 Å². The molecule has 2 aliphatic heterocycles. The molecule has 1 aromatic carbocycles. The summed E-state index contributed by atoms with van der Waals surface area (Å²) in [6, 6.07) is 6.14. The van der Waals surface area contributed by atoms with Crippen molar-refractivity contribution in [3.05, 3.63) is 35.6 Å². The van der Waals surface area contributed by atoms with Gasteiger partial charge in [-0.1, -0.05) is 31.0 Å². The van der Waals surface area contributed by atoms with E-state index >= 15 is 0 Å². The van der Waals surface area contributed by atoms with Gasteiger partial charge in [0.25, 0.3) is 0 Å². The smallest absolute Gasteiger partial charge is 0.241 e. The zero-order valence-electron chi connectivity index (χ0n) is 15.1. The van der Waals surface area contributed by atoms with Gasteiger partial charge >= 0.3 is 0 Å². The number of carbonyl (C=O) groups excluding carboxylic acids is 1. The van der Waals surface area contributed by atoms with Gasteiger partial charge in [-0.25, -0.2) is 15.2 Å². The standard InChI is InChI=1S/C20H28FN3O2/c21-16-5-2-1-4-15(16)17-10-18(23-22-17)19(26)24-9-3-8-20(12-24,13-25)11-14-6-7-14/h1-2,4-5,14,17-18,22-23,25H,3,6-13H2. The molecule has 1 aliphatic carbocycles. The number of aliphatic hydroxyl groups is 1. The second-order valence-electron chi connectivity index (χ2n) is 8.32. The molecule has 3 N–H and O–H groups in total. The largest absolute Gasteiger partial charge is 0.396 e. The first kappa shape index (κ1) is 17.9. The number of hydrogen-bond acceptors (Lipinski definition) is 4. The summed E-state index contributed by atoms with van der Waals surface area (Å²) >= 11 is 0. The Hall–Kier alpha value is -1.50. The van der Waals surface area contributed by atoms with Crippen molar-refractivity contribution in [3.8, 4) is 0 Å². The number of amides is 1. The number of benzene rings is 1. The van der Waals surface area contributed by atoms with Gasteiger partial charge in [-0.05, 0) is 37.7 Å². The Kier molecular flexibility index (Phi) is 4.99. The third-order valence-corrected chi connectivity index (χ3v) is 6.21. The predicted molar refractivity (Wildman–Crippen MR) is 96.5 cm³/mol. The molecular formula is C20H28FN3O2. The summed E-state index contributed by atoms with van der Waals surface area (Å²) in [5, 5.41) is 10.00. The first-order chi connectivity index (χ1) is 12.6. The van der Waals surface area contributed by atoms with Crippen molar-refractivity contribution in [2.75, 3.05) is 19.7 Å². The van der Waals surface area contributed by atoms with Crippen LogP contribution in [0.15, 0.2) is 24.3 Å². The number of hydrazine groups is 1. The lowest BCUT2D eigenvalue weighted by Crippen LogP contribution is -2.53. The molecule has 3 aliphatic rings. The van der Waals surface area contributed by atoms with E-state index in [2.05, 4.69) is 10.9 Å². The molecule has 6 heteroatoms. The molecule has 0 bridgehead atoms. The molecule has 2 heterocycles. The van der Waals surface area contributed by atoms with E-state index < -0.39 is 0 Å². The van der Waals surface area contributed by atoms with Crippen molar-refractivity contribution in [1.29, 1.82) is 0 Å². The van der Waals surface area contributed by atoms with Gasteiger partial charge in [0, 0.05) is 24.1 Å². The quantitative estimate of drug-likeness (QED) is 0.752. The molecule has 3 unspecified atom stereocenters. The number of carbonyl (C=O) groups is 1. The normalized spacial score (nSPS) is 32.0. The van der Waals surface area contributed by atoms with Crippen molar-refractivity contribution >= 4 is 5.91 Å². The van der Waals surface area contributed by atoms with Crippen LogP contribution < -0.4 is 10.9 Å². The summed E-state index contributed by atoms with van der Waals surface area (Å²) in [6.45, 7) is 1.54. The molecule has 0 radical (unpaired) electrons. The van der Waals surface area contributed by atoms with Gasteiger partial charge in [-0.3, -0.25) is 4.79 Å². The van der Waals surface area contributed by atoms with Crippen LogP contribution in [0, 0.1) is 17.2 Å². The van der Waals surface area contributed by atoms with E-state index in [4.69, 9.17) is 0 Å². The number of nitrogens with one attached hydrogen (secondary N) is 2. The SMILES string of the molecule is O=C(C1CC(c2ccccc2F)NN1)N1CCCC(CO)(CC2CC2)C1. The number of likely N-dealkylation sites (tertiary alicyclic amines) is 1. The lowest BCUT2D eigenvalue weighted by molar-refractivity contribution is -0.137. The molecular weight excluding hydrogens is 333 g/mol. The number of piperidine rings is 1. The molecule has 26 heavy (non-hydrogen) atoms. The molecule has 3 atom stereocenters. The lowest BCUT2D eigenvalue weighted by atomic mass is 9.76. The zero-order valence-corrected chi connectivity index (χ0v) is 15.1. The van der Waals surface area contributed by atoms with Crippen molar-refractivity contribution in [3.63, 3.8) is 0 Å². The summed E-state index contributed by atoms with van der Waals surface area (Å²) in [5.74, 6) is 0.542. The van der Waals surface area contributed by atoms with Gasteiger partial charge in [0.2, 0.25) is 5.91 Å². The minimum Gasteiger partial charge on any atom is -0.396 e. The predicted octanol–water partition coefficient (Wildman–Crippen LogP) is 2.13. The monoisotopic (exact) mass is 361 g/mol. The fourth-order valence-electron chi connectivity index (χ4n) is 4.59. The van der Waals surface area contributed by atoms with Gasteiger partial charge in [0.1, 0.15) is 11.9 Å². The van der Waals surface area contributed by atoms with Crippen LogP contribution in [-0.4, -0.2) is 41.7 Å². The van der Waals surface area contributed by atoms with Crippen molar-refractivity contribution in [2.45, 2.75) is 50.6 Å². The highest BCUT2D eigenvalue weighted by atomic mass is 19.1. The molecule has 0 spiro atoms. The molecule has 5 nitrogen and oxygen atoms in total. The van der Waals surface area contributed by atoms with Crippen molar-refractivity contribution in [2.24, 2.45) is 11.3 Å². The van der Waals surface area contributed by atoms with Crippen LogP contribution in [-0.2, 0) is 4.79 Å². The van der Waals surface area contributed by atoms with Crippen LogP contribution in [0.1, 0.15) is 50.1 Å². The van der Waals surface area contributed by atoms with Crippen molar-refractivity contribution in [1.82, 2.24) is 15.8 Å². The number of nitrogens with zero attached hydrogens (tertiary/aromatic N) is 1.